The number of carbonyl (C=O) groups is 1. The Labute approximate surface area is 163 Å². The van der Waals surface area contributed by atoms with E-state index in [4.69, 9.17) is 9.47 Å². The van der Waals surface area contributed by atoms with Crippen LogP contribution in [-0.4, -0.2) is 29.9 Å². The number of phenols is 1. The average Bonchev–Trinajstić information content (AvgIpc) is 2.70. The highest BCUT2D eigenvalue weighted by Crippen LogP contribution is 2.27. The van der Waals surface area contributed by atoms with Gasteiger partial charge in [-0.3, -0.25) is 4.79 Å². The second-order valence-electron chi connectivity index (χ2n) is 6.13. The fourth-order valence-corrected chi connectivity index (χ4v) is 2.69. The standard InChI is InChI=1S/C22H22N2O4/c1-3-27-21-13-16(11-12-19(21)25)14-23-24-22(26)15(2)28-20-10-6-8-17-7-4-5-9-18(17)20/h4-15,25H,3H2,1-2H3,(H,24,26)/b23-14-/t15-/m0/s1. The first-order valence-corrected chi connectivity index (χ1v) is 9.01. The minimum atomic E-state index is -0.721. The second kappa shape index (κ2) is 8.90. The lowest BCUT2D eigenvalue weighted by Crippen LogP contribution is -2.33. The zero-order chi connectivity index (χ0) is 19.9. The third kappa shape index (κ3) is 4.59. The molecule has 0 radical (unpaired) electrons. The van der Waals surface area contributed by atoms with Gasteiger partial charge in [0.25, 0.3) is 5.91 Å². The van der Waals surface area contributed by atoms with Crippen molar-refractivity contribution in [2.45, 2.75) is 20.0 Å². The number of nitrogens with zero attached hydrogens (tertiary/aromatic N) is 1. The van der Waals surface area contributed by atoms with Crippen molar-refractivity contribution < 1.29 is 19.4 Å². The van der Waals surface area contributed by atoms with Gasteiger partial charge in [-0.2, -0.15) is 5.10 Å². The van der Waals surface area contributed by atoms with E-state index in [0.29, 0.717) is 23.7 Å². The van der Waals surface area contributed by atoms with Gasteiger partial charge in [0, 0.05) is 5.39 Å². The molecule has 1 atom stereocenters. The number of phenolic OH excluding ortho intramolecular Hbond substituents is 1. The topological polar surface area (TPSA) is 80.2 Å². The maximum atomic E-state index is 12.3. The van der Waals surface area contributed by atoms with Crippen molar-refractivity contribution in [2.24, 2.45) is 5.10 Å². The summed E-state index contributed by atoms with van der Waals surface area (Å²) in [4.78, 5) is 12.3. The first kappa shape index (κ1) is 19.2. The highest BCUT2D eigenvalue weighted by Gasteiger charge is 2.15. The van der Waals surface area contributed by atoms with Crippen molar-refractivity contribution in [1.29, 1.82) is 0 Å². The molecule has 0 saturated carbocycles. The van der Waals surface area contributed by atoms with Crippen molar-refractivity contribution in [1.82, 2.24) is 5.43 Å². The maximum absolute atomic E-state index is 12.3. The van der Waals surface area contributed by atoms with Gasteiger partial charge >= 0.3 is 0 Å². The van der Waals surface area contributed by atoms with Crippen LogP contribution in [0.5, 0.6) is 17.2 Å². The molecule has 0 aliphatic rings. The molecule has 144 valence electrons. The molecule has 0 aliphatic heterocycles. The quantitative estimate of drug-likeness (QED) is 0.483. The number of nitrogens with one attached hydrogen (secondary N) is 1. The van der Waals surface area contributed by atoms with Crippen LogP contribution in [0.25, 0.3) is 10.8 Å². The Balaban J connectivity index is 1.63. The molecule has 0 heterocycles. The smallest absolute Gasteiger partial charge is 0.280 e. The van der Waals surface area contributed by atoms with Crippen molar-refractivity contribution in [3.63, 3.8) is 0 Å². The Bertz CT molecular complexity index is 995. The fourth-order valence-electron chi connectivity index (χ4n) is 2.69. The molecule has 0 unspecified atom stereocenters. The maximum Gasteiger partial charge on any atom is 0.280 e. The third-order valence-electron chi connectivity index (χ3n) is 4.09. The summed E-state index contributed by atoms with van der Waals surface area (Å²) in [6.45, 7) is 3.94. The van der Waals surface area contributed by atoms with Crippen LogP contribution >= 0.6 is 0 Å². The molecular weight excluding hydrogens is 356 g/mol. The summed E-state index contributed by atoms with van der Waals surface area (Å²) < 4.78 is 11.1. The van der Waals surface area contributed by atoms with Crippen LogP contribution < -0.4 is 14.9 Å². The molecule has 0 fully saturated rings. The number of amides is 1. The summed E-state index contributed by atoms with van der Waals surface area (Å²) in [5, 5.41) is 15.7. The number of fused-ring (bicyclic) bond motifs is 1. The minimum absolute atomic E-state index is 0.0557. The van der Waals surface area contributed by atoms with E-state index in [-0.39, 0.29) is 11.7 Å². The van der Waals surface area contributed by atoms with Gasteiger partial charge in [0.15, 0.2) is 17.6 Å². The zero-order valence-corrected chi connectivity index (χ0v) is 15.8. The van der Waals surface area contributed by atoms with Gasteiger partial charge in [-0.25, -0.2) is 5.43 Å². The van der Waals surface area contributed by atoms with Crippen molar-refractivity contribution in [3.05, 3.63) is 66.2 Å². The number of aromatic hydroxyl groups is 1. The lowest BCUT2D eigenvalue weighted by atomic mass is 10.1. The Morgan fingerprint density at radius 2 is 1.93 bits per heavy atom. The van der Waals surface area contributed by atoms with Crippen LogP contribution in [0.3, 0.4) is 0 Å². The zero-order valence-electron chi connectivity index (χ0n) is 15.8. The fraction of sp³-hybridized carbons (Fsp3) is 0.182. The molecule has 28 heavy (non-hydrogen) atoms. The van der Waals surface area contributed by atoms with E-state index in [2.05, 4.69) is 10.5 Å². The monoisotopic (exact) mass is 378 g/mol. The number of benzene rings is 3. The van der Waals surface area contributed by atoms with Crippen LogP contribution in [0.1, 0.15) is 19.4 Å². The van der Waals surface area contributed by atoms with E-state index in [0.717, 1.165) is 10.8 Å². The molecule has 1 amide bonds. The van der Waals surface area contributed by atoms with Gasteiger partial charge in [0.1, 0.15) is 5.75 Å². The molecule has 0 bridgehead atoms. The largest absolute Gasteiger partial charge is 0.504 e. The van der Waals surface area contributed by atoms with Gasteiger partial charge in [-0.1, -0.05) is 36.4 Å². The molecule has 6 heteroatoms. The van der Waals surface area contributed by atoms with Gasteiger partial charge in [0.05, 0.1) is 12.8 Å². The van der Waals surface area contributed by atoms with Crippen LogP contribution in [0.2, 0.25) is 0 Å². The molecule has 2 N–H and O–H groups in total. The lowest BCUT2D eigenvalue weighted by molar-refractivity contribution is -0.127. The Kier molecular flexibility index (Phi) is 6.11. The highest BCUT2D eigenvalue weighted by atomic mass is 16.5. The summed E-state index contributed by atoms with van der Waals surface area (Å²) in [6, 6.07) is 18.4. The summed E-state index contributed by atoms with van der Waals surface area (Å²) >= 11 is 0. The van der Waals surface area contributed by atoms with Crippen molar-refractivity contribution in [3.8, 4) is 17.2 Å². The first-order chi connectivity index (χ1) is 13.6. The molecule has 0 spiro atoms. The molecule has 3 aromatic carbocycles. The Morgan fingerprint density at radius 1 is 1.14 bits per heavy atom. The van der Waals surface area contributed by atoms with Crippen molar-refractivity contribution >= 4 is 22.9 Å². The van der Waals surface area contributed by atoms with Gasteiger partial charge in [-0.15, -0.1) is 0 Å². The van der Waals surface area contributed by atoms with Crippen LogP contribution in [0, 0.1) is 0 Å². The molecule has 3 aromatic rings. The summed E-state index contributed by atoms with van der Waals surface area (Å²) in [7, 11) is 0. The number of rotatable bonds is 7. The predicted octanol–water partition coefficient (Wildman–Crippen LogP) is 3.86. The summed E-state index contributed by atoms with van der Waals surface area (Å²) in [5.74, 6) is 0.697. The SMILES string of the molecule is CCOc1cc(/C=N\NC(=O)[C@H](C)Oc2cccc3ccccc23)ccc1O. The van der Waals surface area contributed by atoms with E-state index in [1.807, 2.05) is 49.4 Å². The first-order valence-electron chi connectivity index (χ1n) is 9.01. The van der Waals surface area contributed by atoms with Crippen molar-refractivity contribution in [2.75, 3.05) is 6.61 Å². The number of hydrazone groups is 1. The molecule has 0 aromatic heterocycles. The van der Waals surface area contributed by atoms with E-state index in [1.165, 1.54) is 12.3 Å². The minimum Gasteiger partial charge on any atom is -0.504 e. The third-order valence-corrected chi connectivity index (χ3v) is 4.09. The van der Waals surface area contributed by atoms with E-state index < -0.39 is 6.10 Å². The number of ether oxygens (including phenoxy) is 2. The van der Waals surface area contributed by atoms with Crippen LogP contribution in [-0.2, 0) is 4.79 Å². The van der Waals surface area contributed by atoms with Gasteiger partial charge in [-0.05, 0) is 49.1 Å². The van der Waals surface area contributed by atoms with E-state index in [1.54, 1.807) is 19.1 Å². The highest BCUT2D eigenvalue weighted by molar-refractivity contribution is 5.89. The molecule has 3 rings (SSSR count). The van der Waals surface area contributed by atoms with Gasteiger partial charge in [0.2, 0.25) is 0 Å². The molecular formula is C22H22N2O4. The average molecular weight is 378 g/mol. The summed E-state index contributed by atoms with van der Waals surface area (Å²) in [5.41, 5.74) is 3.15. The Hall–Kier alpha value is -3.54. The normalized spacial score (nSPS) is 12.1. The number of hydrogen-bond donors (Lipinski definition) is 2. The number of hydrogen-bond acceptors (Lipinski definition) is 5. The van der Waals surface area contributed by atoms with E-state index >= 15 is 0 Å². The van der Waals surface area contributed by atoms with Crippen LogP contribution in [0.4, 0.5) is 0 Å². The second-order valence-corrected chi connectivity index (χ2v) is 6.13. The predicted molar refractivity (Wildman–Crippen MR) is 109 cm³/mol. The van der Waals surface area contributed by atoms with Gasteiger partial charge < -0.3 is 14.6 Å². The molecule has 0 saturated heterocycles. The molecule has 0 aliphatic carbocycles. The number of carbonyl (C=O) groups excluding carboxylic acids is 1. The molecule has 6 nitrogen and oxygen atoms in total. The van der Waals surface area contributed by atoms with Crippen LogP contribution in [0.15, 0.2) is 65.8 Å². The van der Waals surface area contributed by atoms with E-state index in [9.17, 15) is 9.90 Å². The lowest BCUT2D eigenvalue weighted by Gasteiger charge is -2.14. The summed E-state index contributed by atoms with van der Waals surface area (Å²) in [6.07, 6.45) is 0.756. The Morgan fingerprint density at radius 3 is 2.75 bits per heavy atom.